The fourth-order valence-electron chi connectivity index (χ4n) is 7.07. The third-order valence-corrected chi connectivity index (χ3v) is 11.1. The second-order valence-corrected chi connectivity index (χ2v) is 13.3. The normalized spacial score (nSPS) is 18.7. The number of thioether (sulfide) groups is 1. The van der Waals surface area contributed by atoms with Gasteiger partial charge in [0, 0.05) is 37.6 Å². The molecule has 5 aromatic rings. The van der Waals surface area contributed by atoms with Gasteiger partial charge in [-0.1, -0.05) is 136 Å². The average molecular weight is 538 g/mol. The monoisotopic (exact) mass is 537 g/mol. The SMILES string of the molecule is Cc1cc(C)c(B2c3ccccc3Sc3cc(-n4c5c(c6ccccc64)C4C=CC=CC4S5)ccc32)c(C)c1. The molecule has 0 N–H and O–H groups in total. The maximum Gasteiger partial charge on any atom is 0.244 e. The van der Waals surface area contributed by atoms with Crippen LogP contribution in [0.25, 0.3) is 16.6 Å². The van der Waals surface area contributed by atoms with Gasteiger partial charge in [0.2, 0.25) is 6.71 Å². The van der Waals surface area contributed by atoms with E-state index in [9.17, 15) is 0 Å². The Balaban J connectivity index is 1.34. The highest BCUT2D eigenvalue weighted by molar-refractivity contribution is 8.00. The van der Waals surface area contributed by atoms with Gasteiger partial charge in [-0.3, -0.25) is 0 Å². The van der Waals surface area contributed by atoms with E-state index in [0.717, 1.165) is 0 Å². The molecular formula is C35H28BNS2. The first-order chi connectivity index (χ1) is 19.1. The zero-order valence-corrected chi connectivity index (χ0v) is 23.9. The molecule has 0 radical (unpaired) electrons. The van der Waals surface area contributed by atoms with Crippen LogP contribution < -0.4 is 16.4 Å². The van der Waals surface area contributed by atoms with Crippen molar-refractivity contribution in [1.29, 1.82) is 0 Å². The number of para-hydroxylation sites is 1. The second-order valence-electron chi connectivity index (χ2n) is 11.1. The zero-order chi connectivity index (χ0) is 26.2. The first kappa shape index (κ1) is 23.5. The first-order valence-electron chi connectivity index (χ1n) is 13.7. The topological polar surface area (TPSA) is 4.93 Å². The Kier molecular flexibility index (Phi) is 5.34. The first-order valence-corrected chi connectivity index (χ1v) is 15.4. The number of fused-ring (bicyclic) bond motifs is 7. The number of rotatable bonds is 2. The van der Waals surface area contributed by atoms with Crippen LogP contribution >= 0.6 is 23.5 Å². The summed E-state index contributed by atoms with van der Waals surface area (Å²) in [6, 6.07) is 29.9. The summed E-state index contributed by atoms with van der Waals surface area (Å²) in [7, 11) is 0. The third kappa shape index (κ3) is 3.51. The maximum atomic E-state index is 2.52. The third-order valence-electron chi connectivity index (χ3n) is 8.58. The number of aromatic nitrogens is 1. The van der Waals surface area contributed by atoms with E-state index in [1.807, 2.05) is 23.5 Å². The standard InChI is InChI=1S/C35H28BNS2/c1-21-18-22(2)34(23(3)19-21)36-27-12-6-9-15-31(27)38-32-20-24(16-17-28(32)36)37-29-13-7-4-10-25(29)33-26-11-5-8-14-30(26)39-35(33)37/h4-20,26,30H,1-3H3. The van der Waals surface area contributed by atoms with Gasteiger partial charge in [0.25, 0.3) is 0 Å². The van der Waals surface area contributed by atoms with Crippen molar-refractivity contribution in [2.24, 2.45) is 0 Å². The molecule has 39 heavy (non-hydrogen) atoms. The van der Waals surface area contributed by atoms with Gasteiger partial charge in [-0.05, 0) is 45.0 Å². The smallest absolute Gasteiger partial charge is 0.244 e. The molecule has 3 heterocycles. The summed E-state index contributed by atoms with van der Waals surface area (Å²) >= 11 is 3.94. The molecule has 1 aliphatic carbocycles. The van der Waals surface area contributed by atoms with Crippen molar-refractivity contribution < 1.29 is 0 Å². The predicted octanol–water partition coefficient (Wildman–Crippen LogP) is 7.22. The summed E-state index contributed by atoms with van der Waals surface area (Å²) in [4.78, 5) is 2.73. The van der Waals surface area contributed by atoms with Crippen LogP contribution in [-0.2, 0) is 0 Å². The Morgan fingerprint density at radius 3 is 2.36 bits per heavy atom. The minimum absolute atomic E-state index is 0.242. The minimum Gasteiger partial charge on any atom is -0.304 e. The molecule has 3 aliphatic rings. The summed E-state index contributed by atoms with van der Waals surface area (Å²) < 4.78 is 2.52. The highest BCUT2D eigenvalue weighted by Gasteiger charge is 2.37. The lowest BCUT2D eigenvalue weighted by Gasteiger charge is -2.29. The number of benzene rings is 4. The summed E-state index contributed by atoms with van der Waals surface area (Å²) in [5.41, 5.74) is 12.4. The van der Waals surface area contributed by atoms with E-state index in [4.69, 9.17) is 0 Å². The van der Waals surface area contributed by atoms with E-state index in [1.165, 1.54) is 70.0 Å². The number of hydrogen-bond acceptors (Lipinski definition) is 2. The van der Waals surface area contributed by atoms with E-state index < -0.39 is 0 Å². The van der Waals surface area contributed by atoms with E-state index in [2.05, 4.69) is 129 Å². The van der Waals surface area contributed by atoms with E-state index in [-0.39, 0.29) is 6.71 Å². The molecular weight excluding hydrogens is 509 g/mol. The van der Waals surface area contributed by atoms with Gasteiger partial charge in [-0.15, -0.1) is 0 Å². The zero-order valence-electron chi connectivity index (χ0n) is 22.3. The van der Waals surface area contributed by atoms with Crippen LogP contribution in [0.1, 0.15) is 28.2 Å². The lowest BCUT2D eigenvalue weighted by Crippen LogP contribution is -2.56. The molecule has 4 aromatic carbocycles. The number of allylic oxidation sites excluding steroid dienone is 3. The largest absolute Gasteiger partial charge is 0.304 e. The molecule has 1 aromatic heterocycles. The number of hydrogen-bond donors (Lipinski definition) is 0. The lowest BCUT2D eigenvalue weighted by molar-refractivity contribution is 0.873. The predicted molar refractivity (Wildman–Crippen MR) is 170 cm³/mol. The van der Waals surface area contributed by atoms with Crippen LogP contribution in [0.4, 0.5) is 0 Å². The van der Waals surface area contributed by atoms with Crippen LogP contribution in [0.5, 0.6) is 0 Å². The van der Waals surface area contributed by atoms with Gasteiger partial charge in [-0.2, -0.15) is 0 Å². The molecule has 4 heteroatoms. The highest BCUT2D eigenvalue weighted by atomic mass is 32.2. The van der Waals surface area contributed by atoms with Gasteiger partial charge in [0.1, 0.15) is 0 Å². The van der Waals surface area contributed by atoms with E-state index >= 15 is 0 Å². The molecule has 0 saturated carbocycles. The average Bonchev–Trinajstić information content (AvgIpc) is 3.46. The molecule has 8 rings (SSSR count). The summed E-state index contributed by atoms with van der Waals surface area (Å²) in [5, 5.41) is 3.25. The van der Waals surface area contributed by atoms with Gasteiger partial charge < -0.3 is 4.57 Å². The van der Waals surface area contributed by atoms with Crippen molar-refractivity contribution in [3.8, 4) is 5.69 Å². The van der Waals surface area contributed by atoms with Crippen molar-refractivity contribution >= 4 is 57.5 Å². The van der Waals surface area contributed by atoms with Gasteiger partial charge >= 0.3 is 0 Å². The quantitative estimate of drug-likeness (QED) is 0.215. The second kappa shape index (κ2) is 8.84. The molecule has 2 aliphatic heterocycles. The fraction of sp³-hybridized carbons (Fsp3) is 0.143. The van der Waals surface area contributed by atoms with Crippen molar-refractivity contribution in [3.63, 3.8) is 0 Å². The Bertz CT molecular complexity index is 1850. The van der Waals surface area contributed by atoms with Crippen LogP contribution in [-0.4, -0.2) is 16.5 Å². The van der Waals surface area contributed by atoms with Crippen LogP contribution in [0.15, 0.2) is 118 Å². The highest BCUT2D eigenvalue weighted by Crippen LogP contribution is 2.53. The summed E-state index contributed by atoms with van der Waals surface area (Å²) in [6.45, 7) is 7.01. The van der Waals surface area contributed by atoms with Gasteiger partial charge in [0.15, 0.2) is 0 Å². The fourth-order valence-corrected chi connectivity index (χ4v) is 9.72. The van der Waals surface area contributed by atoms with E-state index in [0.29, 0.717) is 11.2 Å². The molecule has 0 saturated heterocycles. The molecule has 2 unspecified atom stereocenters. The molecule has 0 spiro atoms. The molecule has 0 fully saturated rings. The summed E-state index contributed by atoms with van der Waals surface area (Å²) in [6.07, 6.45) is 9.17. The Hall–Kier alpha value is -3.34. The van der Waals surface area contributed by atoms with Crippen molar-refractivity contribution in [2.45, 2.75) is 46.8 Å². The number of aryl methyl sites for hydroxylation is 3. The molecule has 1 nitrogen and oxygen atoms in total. The minimum atomic E-state index is 0.242. The molecule has 0 bridgehead atoms. The molecule has 2 atom stereocenters. The van der Waals surface area contributed by atoms with Crippen LogP contribution in [0, 0.1) is 20.8 Å². The maximum absolute atomic E-state index is 2.52. The van der Waals surface area contributed by atoms with Gasteiger partial charge in [-0.25, -0.2) is 0 Å². The Morgan fingerprint density at radius 2 is 1.49 bits per heavy atom. The molecule has 0 amide bonds. The van der Waals surface area contributed by atoms with Gasteiger partial charge in [0.05, 0.1) is 10.5 Å². The van der Waals surface area contributed by atoms with E-state index in [1.54, 1.807) is 0 Å². The van der Waals surface area contributed by atoms with Crippen molar-refractivity contribution in [2.75, 3.05) is 0 Å². The molecule has 188 valence electrons. The Morgan fingerprint density at radius 1 is 0.744 bits per heavy atom. The Labute approximate surface area is 239 Å². The van der Waals surface area contributed by atoms with Crippen LogP contribution in [0.3, 0.4) is 0 Å². The lowest BCUT2D eigenvalue weighted by atomic mass is 9.35. The van der Waals surface area contributed by atoms with Crippen LogP contribution in [0.2, 0.25) is 0 Å². The van der Waals surface area contributed by atoms with Crippen molar-refractivity contribution in [1.82, 2.24) is 4.57 Å². The number of nitrogens with zero attached hydrogens (tertiary/aromatic N) is 1. The summed E-state index contributed by atoms with van der Waals surface area (Å²) in [5.74, 6) is 0.442. The van der Waals surface area contributed by atoms with Crippen molar-refractivity contribution in [3.05, 3.63) is 125 Å².